The number of carbonyl (C=O) groups excluding carboxylic acids is 1. The monoisotopic (exact) mass is 459 g/mol. The first kappa shape index (κ1) is 23.1. The number of benzene rings is 2. The summed E-state index contributed by atoms with van der Waals surface area (Å²) in [6.07, 6.45) is 3.10. The number of para-hydroxylation sites is 1. The molecular formula is C23H23ClFN3O4. The molecule has 0 aromatic heterocycles. The maximum absolute atomic E-state index is 14.4. The van der Waals surface area contributed by atoms with E-state index < -0.39 is 17.4 Å². The Morgan fingerprint density at radius 1 is 1.19 bits per heavy atom. The molecule has 0 spiro atoms. The van der Waals surface area contributed by atoms with E-state index in [1.54, 1.807) is 45.0 Å². The lowest BCUT2D eigenvalue weighted by molar-refractivity contribution is -0.153. The molecule has 9 heteroatoms. The second kappa shape index (κ2) is 9.32. The van der Waals surface area contributed by atoms with Gasteiger partial charge in [0.05, 0.1) is 17.1 Å². The molecule has 1 aliphatic rings. The molecule has 0 fully saturated rings. The highest BCUT2D eigenvalue weighted by Gasteiger charge is 2.28. The fourth-order valence-corrected chi connectivity index (χ4v) is 3.30. The molecule has 0 radical (unpaired) electrons. The zero-order valence-electron chi connectivity index (χ0n) is 17.8. The predicted octanol–water partition coefficient (Wildman–Crippen LogP) is 4.61. The van der Waals surface area contributed by atoms with Gasteiger partial charge in [0.2, 0.25) is 0 Å². The summed E-state index contributed by atoms with van der Waals surface area (Å²) in [4.78, 5) is 24.0. The topological polar surface area (TPSA) is 90.9 Å². The molecule has 2 aromatic carbocycles. The molecule has 32 heavy (non-hydrogen) atoms. The second-order valence-electron chi connectivity index (χ2n) is 8.02. The van der Waals surface area contributed by atoms with E-state index in [9.17, 15) is 19.1 Å². The number of hydrogen-bond donors (Lipinski definition) is 3. The van der Waals surface area contributed by atoms with Crippen molar-refractivity contribution in [1.29, 1.82) is 0 Å². The van der Waals surface area contributed by atoms with Crippen molar-refractivity contribution in [3.05, 3.63) is 82.5 Å². The van der Waals surface area contributed by atoms with Crippen molar-refractivity contribution in [3.63, 3.8) is 0 Å². The summed E-state index contributed by atoms with van der Waals surface area (Å²) in [6, 6.07) is 11.0. The van der Waals surface area contributed by atoms with Gasteiger partial charge in [0, 0.05) is 11.9 Å². The normalized spacial score (nSPS) is 13.6. The molecule has 0 amide bonds. The molecule has 168 valence electrons. The third-order valence-electron chi connectivity index (χ3n) is 4.30. The van der Waals surface area contributed by atoms with E-state index in [1.165, 1.54) is 30.5 Å². The van der Waals surface area contributed by atoms with E-state index in [1.807, 2.05) is 0 Å². The molecule has 3 rings (SSSR count). The van der Waals surface area contributed by atoms with Crippen molar-refractivity contribution in [1.82, 2.24) is 5.43 Å². The molecule has 0 aliphatic carbocycles. The number of ether oxygens (including phenoxy) is 1. The molecule has 1 heterocycles. The summed E-state index contributed by atoms with van der Waals surface area (Å²) in [5, 5.41) is 13.9. The van der Waals surface area contributed by atoms with Crippen LogP contribution in [0.3, 0.4) is 0 Å². The van der Waals surface area contributed by atoms with Crippen molar-refractivity contribution in [2.75, 3.05) is 10.3 Å². The molecule has 3 N–H and O–H groups in total. The summed E-state index contributed by atoms with van der Waals surface area (Å²) in [5.74, 6) is -2.30. The molecule has 1 aliphatic heterocycles. The number of allylic oxidation sites excluding steroid dienone is 1. The number of aliphatic carboxylic acids is 1. The molecular weight excluding hydrogens is 437 g/mol. The van der Waals surface area contributed by atoms with Gasteiger partial charge >= 0.3 is 11.9 Å². The largest absolute Gasteiger partial charge is 0.476 e. The molecule has 7 nitrogen and oxygen atoms in total. The number of hydrazine groups is 1. The van der Waals surface area contributed by atoms with E-state index >= 15 is 0 Å². The van der Waals surface area contributed by atoms with Crippen LogP contribution < -0.4 is 15.8 Å². The Morgan fingerprint density at radius 2 is 1.88 bits per heavy atom. The number of rotatable bonds is 6. The second-order valence-corrected chi connectivity index (χ2v) is 8.43. The van der Waals surface area contributed by atoms with Crippen LogP contribution in [0, 0.1) is 5.82 Å². The van der Waals surface area contributed by atoms with E-state index in [0.29, 0.717) is 5.69 Å². The highest BCUT2D eigenvalue weighted by Crippen LogP contribution is 2.32. The minimum atomic E-state index is -1.29. The number of halogens is 2. The number of carboxylic acid groups (broad SMARTS) is 1. The van der Waals surface area contributed by atoms with Crippen LogP contribution >= 0.6 is 11.6 Å². The number of esters is 1. The van der Waals surface area contributed by atoms with Gasteiger partial charge in [-0.25, -0.2) is 14.2 Å². The molecule has 0 saturated carbocycles. The number of carboxylic acids is 1. The van der Waals surface area contributed by atoms with Gasteiger partial charge in [0.15, 0.2) is 5.70 Å². The number of hydrogen-bond acceptors (Lipinski definition) is 6. The fourth-order valence-electron chi connectivity index (χ4n) is 3.06. The highest BCUT2D eigenvalue weighted by atomic mass is 35.5. The van der Waals surface area contributed by atoms with Gasteiger partial charge in [-0.2, -0.15) is 0 Å². The Hall–Kier alpha value is -3.52. The Morgan fingerprint density at radius 3 is 2.47 bits per heavy atom. The first-order valence-electron chi connectivity index (χ1n) is 9.77. The maximum atomic E-state index is 14.4. The third kappa shape index (κ3) is 5.59. The Labute approximate surface area is 190 Å². The van der Waals surface area contributed by atoms with Crippen molar-refractivity contribution < 1.29 is 23.8 Å². The van der Waals surface area contributed by atoms with Crippen LogP contribution in [0.1, 0.15) is 26.3 Å². The number of anilines is 2. The Bertz CT molecular complexity index is 1070. The van der Waals surface area contributed by atoms with E-state index in [0.717, 1.165) is 10.6 Å². The van der Waals surface area contributed by atoms with Gasteiger partial charge in [-0.15, -0.1) is 0 Å². The summed E-state index contributed by atoms with van der Waals surface area (Å²) < 4.78 is 19.7. The number of nitrogens with zero attached hydrogens (tertiary/aromatic N) is 1. The van der Waals surface area contributed by atoms with Crippen molar-refractivity contribution in [2.24, 2.45) is 0 Å². The quantitative estimate of drug-likeness (QED) is 0.543. The summed E-state index contributed by atoms with van der Waals surface area (Å²) in [6.45, 7) is 5.40. The van der Waals surface area contributed by atoms with Crippen LogP contribution in [0.4, 0.5) is 15.8 Å². The first-order valence-corrected chi connectivity index (χ1v) is 10.2. The van der Waals surface area contributed by atoms with Gasteiger partial charge in [-0.05, 0) is 56.7 Å². The Balaban J connectivity index is 1.84. The molecule has 0 unspecified atom stereocenters. The number of nitrogens with one attached hydrogen (secondary N) is 2. The maximum Gasteiger partial charge on any atom is 0.356 e. The smallest absolute Gasteiger partial charge is 0.356 e. The van der Waals surface area contributed by atoms with Crippen LogP contribution in [-0.4, -0.2) is 22.6 Å². The molecule has 0 bridgehead atoms. The van der Waals surface area contributed by atoms with Crippen molar-refractivity contribution >= 4 is 34.9 Å². The lowest BCUT2D eigenvalue weighted by Crippen LogP contribution is -2.41. The van der Waals surface area contributed by atoms with Crippen molar-refractivity contribution in [2.45, 2.75) is 32.8 Å². The summed E-state index contributed by atoms with van der Waals surface area (Å²) >= 11 is 6.12. The van der Waals surface area contributed by atoms with Gasteiger partial charge in [0.25, 0.3) is 0 Å². The Kier molecular flexibility index (Phi) is 6.74. The van der Waals surface area contributed by atoms with E-state index in [4.69, 9.17) is 16.3 Å². The van der Waals surface area contributed by atoms with Crippen LogP contribution in [0.15, 0.2) is 66.1 Å². The van der Waals surface area contributed by atoms with Crippen molar-refractivity contribution in [3.8, 4) is 0 Å². The van der Waals surface area contributed by atoms with E-state index in [-0.39, 0.29) is 34.5 Å². The van der Waals surface area contributed by atoms with Crippen LogP contribution in [-0.2, 0) is 20.7 Å². The zero-order valence-corrected chi connectivity index (χ0v) is 18.5. The molecule has 2 aromatic rings. The average Bonchev–Trinajstić information content (AvgIpc) is 2.68. The molecule has 0 saturated heterocycles. The van der Waals surface area contributed by atoms with Gasteiger partial charge in [0.1, 0.15) is 17.1 Å². The lowest BCUT2D eigenvalue weighted by Gasteiger charge is -2.30. The van der Waals surface area contributed by atoms with Crippen LogP contribution in [0.25, 0.3) is 0 Å². The first-order chi connectivity index (χ1) is 15.0. The minimum absolute atomic E-state index is 0.0531. The van der Waals surface area contributed by atoms with Crippen LogP contribution in [0.2, 0.25) is 5.02 Å². The third-order valence-corrected chi connectivity index (χ3v) is 4.60. The van der Waals surface area contributed by atoms with Gasteiger partial charge in [-0.1, -0.05) is 29.8 Å². The zero-order chi connectivity index (χ0) is 23.5. The van der Waals surface area contributed by atoms with Gasteiger partial charge < -0.3 is 20.6 Å². The average molecular weight is 460 g/mol. The summed E-state index contributed by atoms with van der Waals surface area (Å²) in [7, 11) is 0. The van der Waals surface area contributed by atoms with Gasteiger partial charge in [-0.3, -0.25) is 4.79 Å². The fraction of sp³-hybridized carbons (Fsp3) is 0.217. The van der Waals surface area contributed by atoms with Crippen LogP contribution in [0.5, 0.6) is 0 Å². The standard InChI is InChI=1S/C23H23ClFN3O4/c1-23(2,3)32-19(29)13-14-7-9-15(10-8-14)27-18-11-12-26-28(21(18)22(30)31)20-16(24)5-4-6-17(20)25/h4-12,26-27H,13H2,1-3H3,(H,30,31). The minimum Gasteiger partial charge on any atom is -0.476 e. The highest BCUT2D eigenvalue weighted by molar-refractivity contribution is 6.33. The number of carbonyl (C=O) groups is 2. The summed E-state index contributed by atoms with van der Waals surface area (Å²) in [5.41, 5.74) is 3.35. The van der Waals surface area contributed by atoms with E-state index in [2.05, 4.69) is 10.7 Å². The molecule has 0 atom stereocenters. The SMILES string of the molecule is CC(C)(C)OC(=O)Cc1ccc(NC2=C(C(=O)O)N(c3c(F)cccc3Cl)NC=C2)cc1. The predicted molar refractivity (Wildman–Crippen MR) is 120 cm³/mol. The lowest BCUT2D eigenvalue weighted by atomic mass is 10.1.